The van der Waals surface area contributed by atoms with E-state index in [4.69, 9.17) is 4.74 Å². The normalized spacial score (nSPS) is 25.6. The maximum atomic E-state index is 12.7. The highest BCUT2D eigenvalue weighted by Crippen LogP contribution is 2.23. The van der Waals surface area contributed by atoms with E-state index in [1.54, 1.807) is 10.4 Å². The number of nitrogens with one attached hydrogen (secondary N) is 1. The van der Waals surface area contributed by atoms with Crippen molar-refractivity contribution in [3.8, 4) is 0 Å². The highest BCUT2D eigenvalue weighted by molar-refractivity contribution is 7.13. The molecule has 2 aliphatic rings. The second kappa shape index (κ2) is 7.43. The van der Waals surface area contributed by atoms with Gasteiger partial charge in [-0.25, -0.2) is 4.79 Å². The number of ether oxygens (including phenoxy) is 1. The van der Waals surface area contributed by atoms with Crippen molar-refractivity contribution in [3.63, 3.8) is 0 Å². The molecule has 1 N–H and O–H groups in total. The van der Waals surface area contributed by atoms with E-state index in [-0.39, 0.29) is 30.1 Å². The van der Waals surface area contributed by atoms with Gasteiger partial charge in [-0.2, -0.15) is 0 Å². The Morgan fingerprint density at radius 3 is 2.46 bits per heavy atom. The van der Waals surface area contributed by atoms with Gasteiger partial charge in [0.15, 0.2) is 0 Å². The lowest BCUT2D eigenvalue weighted by atomic mass is 9.95. The Morgan fingerprint density at radius 1 is 1.21 bits per heavy atom. The maximum absolute atomic E-state index is 12.7. The number of nitrogens with zero attached hydrogens (tertiary/aromatic N) is 4. The molecule has 24 heavy (non-hydrogen) atoms. The van der Waals surface area contributed by atoms with Gasteiger partial charge < -0.3 is 14.5 Å². The summed E-state index contributed by atoms with van der Waals surface area (Å²) in [6, 6.07) is -0.175. The Hall–Kier alpha value is -1.74. The number of morpholine rings is 1. The maximum Gasteiger partial charge on any atom is 0.323 e. The van der Waals surface area contributed by atoms with E-state index in [0.717, 1.165) is 0 Å². The third kappa shape index (κ3) is 4.02. The number of likely N-dealkylation sites (tertiary alicyclic amines) is 1. The summed E-state index contributed by atoms with van der Waals surface area (Å²) in [6.45, 7) is 6.46. The molecular formula is C15H23N5O3S. The Bertz CT molecular complexity index is 564. The van der Waals surface area contributed by atoms with Gasteiger partial charge >= 0.3 is 6.03 Å². The number of aromatic nitrogens is 2. The van der Waals surface area contributed by atoms with Crippen LogP contribution in [-0.2, 0) is 9.53 Å². The van der Waals surface area contributed by atoms with Crippen molar-refractivity contribution < 1.29 is 14.3 Å². The van der Waals surface area contributed by atoms with E-state index >= 15 is 0 Å². The fraction of sp³-hybridized carbons (Fsp3) is 0.733. The van der Waals surface area contributed by atoms with Crippen LogP contribution in [0.1, 0.15) is 26.7 Å². The second-order valence-electron chi connectivity index (χ2n) is 6.44. The molecule has 8 nitrogen and oxygen atoms in total. The van der Waals surface area contributed by atoms with Crippen LogP contribution in [0, 0.1) is 5.92 Å². The molecule has 2 atom stereocenters. The zero-order valence-corrected chi connectivity index (χ0v) is 14.8. The Balaban J connectivity index is 1.49. The topological polar surface area (TPSA) is 87.7 Å². The van der Waals surface area contributed by atoms with E-state index < -0.39 is 0 Å². The first-order valence-electron chi connectivity index (χ1n) is 8.29. The molecule has 0 aliphatic carbocycles. The fourth-order valence-electron chi connectivity index (χ4n) is 3.34. The van der Waals surface area contributed by atoms with Crippen LogP contribution in [0.15, 0.2) is 5.51 Å². The third-order valence-electron chi connectivity index (χ3n) is 4.44. The first-order valence-corrected chi connectivity index (χ1v) is 9.17. The van der Waals surface area contributed by atoms with Gasteiger partial charge in [0.25, 0.3) is 0 Å². The molecule has 132 valence electrons. The summed E-state index contributed by atoms with van der Waals surface area (Å²) < 4.78 is 5.69. The summed E-state index contributed by atoms with van der Waals surface area (Å²) in [5.74, 6) is 0.189. The van der Waals surface area contributed by atoms with Gasteiger partial charge in [0.1, 0.15) is 5.51 Å². The Morgan fingerprint density at radius 2 is 1.88 bits per heavy atom. The average molecular weight is 353 g/mol. The number of carbonyl (C=O) groups excluding carboxylic acids is 2. The van der Waals surface area contributed by atoms with Crippen molar-refractivity contribution in [2.75, 3.05) is 31.5 Å². The number of hydrogen-bond acceptors (Lipinski definition) is 6. The predicted octanol–water partition coefficient (Wildman–Crippen LogP) is 1.42. The van der Waals surface area contributed by atoms with Crippen LogP contribution in [0.5, 0.6) is 0 Å². The number of urea groups is 1. The van der Waals surface area contributed by atoms with E-state index in [0.29, 0.717) is 44.2 Å². The molecule has 1 aromatic heterocycles. The van der Waals surface area contributed by atoms with Gasteiger partial charge in [0, 0.05) is 32.1 Å². The van der Waals surface area contributed by atoms with Crippen LogP contribution in [0.25, 0.3) is 0 Å². The summed E-state index contributed by atoms with van der Waals surface area (Å²) in [5, 5.41) is 10.7. The minimum absolute atomic E-state index is 0.00641. The largest absolute Gasteiger partial charge is 0.372 e. The second-order valence-corrected chi connectivity index (χ2v) is 7.27. The van der Waals surface area contributed by atoms with Crippen LogP contribution in [0.2, 0.25) is 0 Å². The van der Waals surface area contributed by atoms with Crippen molar-refractivity contribution in [2.45, 2.75) is 38.9 Å². The molecule has 3 heterocycles. The molecule has 2 saturated heterocycles. The van der Waals surface area contributed by atoms with Gasteiger partial charge in [-0.1, -0.05) is 11.3 Å². The van der Waals surface area contributed by atoms with Gasteiger partial charge in [-0.05, 0) is 26.7 Å². The summed E-state index contributed by atoms with van der Waals surface area (Å²) >= 11 is 1.29. The monoisotopic (exact) mass is 353 g/mol. The predicted molar refractivity (Wildman–Crippen MR) is 89.8 cm³/mol. The minimum Gasteiger partial charge on any atom is -0.372 e. The van der Waals surface area contributed by atoms with E-state index in [9.17, 15) is 9.59 Å². The van der Waals surface area contributed by atoms with Crippen LogP contribution in [0.4, 0.5) is 9.93 Å². The number of amides is 3. The lowest BCUT2D eigenvalue weighted by molar-refractivity contribution is -0.148. The number of rotatable bonds is 2. The molecule has 3 amide bonds. The van der Waals surface area contributed by atoms with E-state index in [1.807, 2.05) is 18.7 Å². The SMILES string of the molecule is C[C@H]1CN(C(=O)C2CCN(C(=O)Nc3nncs3)CC2)C[C@H](C)O1. The van der Waals surface area contributed by atoms with Crippen LogP contribution < -0.4 is 5.32 Å². The molecule has 0 unspecified atom stereocenters. The fourth-order valence-corrected chi connectivity index (χ4v) is 3.78. The first-order chi connectivity index (χ1) is 11.5. The van der Waals surface area contributed by atoms with Crippen molar-refractivity contribution in [1.29, 1.82) is 0 Å². The van der Waals surface area contributed by atoms with Gasteiger partial charge in [0.05, 0.1) is 12.2 Å². The molecule has 2 aliphatic heterocycles. The van der Waals surface area contributed by atoms with Crippen molar-refractivity contribution in [2.24, 2.45) is 5.92 Å². The zero-order valence-electron chi connectivity index (χ0n) is 14.0. The molecule has 3 rings (SSSR count). The summed E-state index contributed by atoms with van der Waals surface area (Å²) in [4.78, 5) is 28.5. The van der Waals surface area contributed by atoms with Crippen molar-refractivity contribution in [1.82, 2.24) is 20.0 Å². The molecule has 0 radical (unpaired) electrons. The van der Waals surface area contributed by atoms with Crippen molar-refractivity contribution >= 4 is 28.4 Å². The lowest BCUT2D eigenvalue weighted by Crippen LogP contribution is -2.52. The minimum atomic E-state index is -0.175. The summed E-state index contributed by atoms with van der Waals surface area (Å²) in [5.41, 5.74) is 1.57. The van der Waals surface area contributed by atoms with Crippen LogP contribution in [0.3, 0.4) is 0 Å². The molecule has 2 fully saturated rings. The third-order valence-corrected chi connectivity index (χ3v) is 5.04. The number of carbonyl (C=O) groups is 2. The average Bonchev–Trinajstić information content (AvgIpc) is 3.06. The quantitative estimate of drug-likeness (QED) is 0.869. The lowest BCUT2D eigenvalue weighted by Gasteiger charge is -2.39. The molecule has 1 aromatic rings. The number of hydrogen-bond donors (Lipinski definition) is 1. The van der Waals surface area contributed by atoms with Gasteiger partial charge in [-0.3, -0.25) is 10.1 Å². The zero-order chi connectivity index (χ0) is 17.1. The van der Waals surface area contributed by atoms with E-state index in [1.165, 1.54) is 11.3 Å². The molecular weight excluding hydrogens is 330 g/mol. The summed E-state index contributed by atoms with van der Waals surface area (Å²) in [6.07, 6.45) is 1.55. The standard InChI is InChI=1S/C15H23N5O3S/c1-10-7-20(8-11(2)23-10)13(21)12-3-5-19(6-4-12)15(22)17-14-18-16-9-24-14/h9-12H,3-8H2,1-2H3,(H,17,18,22)/t10-,11-/m0/s1. The van der Waals surface area contributed by atoms with Gasteiger partial charge in [-0.15, -0.1) is 10.2 Å². The molecule has 0 saturated carbocycles. The highest BCUT2D eigenvalue weighted by atomic mass is 32.1. The molecule has 0 aromatic carbocycles. The van der Waals surface area contributed by atoms with Crippen molar-refractivity contribution in [3.05, 3.63) is 5.51 Å². The first kappa shape index (κ1) is 17.1. The molecule has 0 bridgehead atoms. The summed E-state index contributed by atoms with van der Waals surface area (Å²) in [7, 11) is 0. The van der Waals surface area contributed by atoms with E-state index in [2.05, 4.69) is 15.5 Å². The smallest absolute Gasteiger partial charge is 0.323 e. The molecule has 0 spiro atoms. The van der Waals surface area contributed by atoms with Gasteiger partial charge in [0.2, 0.25) is 11.0 Å². The van der Waals surface area contributed by atoms with Crippen LogP contribution >= 0.6 is 11.3 Å². The Kier molecular flexibility index (Phi) is 5.30. The van der Waals surface area contributed by atoms with Crippen LogP contribution in [-0.4, -0.2) is 70.3 Å². The highest BCUT2D eigenvalue weighted by Gasteiger charge is 2.33. The number of piperidine rings is 1. The Labute approximate surface area is 145 Å². The number of anilines is 1. The molecule has 9 heteroatoms.